The predicted molar refractivity (Wildman–Crippen MR) is 124 cm³/mol. The van der Waals surface area contributed by atoms with E-state index in [1.165, 1.54) is 11.1 Å². The van der Waals surface area contributed by atoms with E-state index in [1.807, 2.05) is 0 Å². The van der Waals surface area contributed by atoms with Crippen molar-refractivity contribution >= 4 is 35.7 Å². The van der Waals surface area contributed by atoms with Gasteiger partial charge in [-0.25, -0.2) is 0 Å². The van der Waals surface area contributed by atoms with Crippen molar-refractivity contribution in [1.82, 2.24) is 0 Å². The first-order chi connectivity index (χ1) is 11.5. The number of rotatable bonds is 6. The summed E-state index contributed by atoms with van der Waals surface area (Å²) < 4.78 is 0. The van der Waals surface area contributed by atoms with E-state index in [2.05, 4.69) is 86.1 Å². The van der Waals surface area contributed by atoms with Gasteiger partial charge >= 0.3 is 0 Å². The summed E-state index contributed by atoms with van der Waals surface area (Å²) in [6.45, 7) is 18.6. The van der Waals surface area contributed by atoms with Gasteiger partial charge in [0.15, 0.2) is 0 Å². The maximum Gasteiger partial charge on any atom is 0.0218 e. The van der Waals surface area contributed by atoms with Gasteiger partial charge < -0.3 is 0 Å². The Hall–Kier alpha value is 0.520. The summed E-state index contributed by atoms with van der Waals surface area (Å²) in [5.74, 6) is 0. The van der Waals surface area contributed by atoms with Gasteiger partial charge in [-0.2, -0.15) is 0 Å². The Morgan fingerprint density at radius 1 is 0.680 bits per heavy atom. The lowest BCUT2D eigenvalue weighted by Gasteiger charge is -2.39. The van der Waals surface area contributed by atoms with Crippen LogP contribution in [0.5, 0.6) is 0 Å². The fraction of sp³-hybridized carbons (Fsp3) is 0.667. The van der Waals surface area contributed by atoms with Crippen molar-refractivity contribution < 1.29 is 0 Å². The normalized spacial score (nSPS) is 21.6. The summed E-state index contributed by atoms with van der Waals surface area (Å²) in [4.78, 5) is 0. The van der Waals surface area contributed by atoms with Gasteiger partial charge in [-0.1, -0.05) is 103 Å². The summed E-state index contributed by atoms with van der Waals surface area (Å²) in [5, 5.41) is 0. The molecule has 25 heavy (non-hydrogen) atoms. The molecular weight excluding hydrogens is 378 g/mol. The molecule has 2 atom stereocenters. The van der Waals surface area contributed by atoms with Gasteiger partial charge in [-0.05, 0) is 45.8 Å². The van der Waals surface area contributed by atoms with Crippen LogP contribution in [-0.2, 0) is 23.6 Å². The van der Waals surface area contributed by atoms with Crippen LogP contribution in [0.1, 0.15) is 77.8 Å². The van der Waals surface area contributed by atoms with E-state index in [9.17, 15) is 0 Å². The van der Waals surface area contributed by atoms with E-state index in [-0.39, 0.29) is 0 Å². The molecule has 0 aromatic heterocycles. The van der Waals surface area contributed by atoms with Crippen molar-refractivity contribution in [1.29, 1.82) is 0 Å². The van der Waals surface area contributed by atoms with Crippen molar-refractivity contribution in [3.63, 3.8) is 0 Å². The zero-order valence-corrected chi connectivity index (χ0v) is 20.4. The van der Waals surface area contributed by atoms with Gasteiger partial charge in [0.05, 0.1) is 0 Å². The SMILES string of the molecule is CC(C)P(=S)(C(C)C)C1[C]C(P(=S)(C(C)C)C(C)C)c2ccccc21. The van der Waals surface area contributed by atoms with Gasteiger partial charge in [0, 0.05) is 17.7 Å². The standard InChI is InChI=1S/C21H34P2S2/c1-14(2)22(24,15(3)4)20-13-21(19-12-10-9-11-18(19)20)23(25,16(5)6)17(7)8/h9-12,14-17,20-21H,1-8H3. The zero-order chi connectivity index (χ0) is 19.2. The lowest BCUT2D eigenvalue weighted by atomic mass is 10.1. The van der Waals surface area contributed by atoms with E-state index in [0.717, 1.165) is 0 Å². The first-order valence-corrected chi connectivity index (χ1v) is 15.5. The summed E-state index contributed by atoms with van der Waals surface area (Å²) in [5.41, 5.74) is 5.62. The van der Waals surface area contributed by atoms with E-state index in [1.54, 1.807) is 0 Å². The topological polar surface area (TPSA) is 0 Å². The first kappa shape index (κ1) is 21.8. The molecule has 1 aromatic rings. The molecule has 0 fully saturated rings. The molecule has 0 bridgehead atoms. The third-order valence-corrected chi connectivity index (χ3v) is 21.2. The van der Waals surface area contributed by atoms with Crippen molar-refractivity contribution in [2.75, 3.05) is 0 Å². The Kier molecular flexibility index (Phi) is 6.87. The van der Waals surface area contributed by atoms with Gasteiger partial charge in [0.1, 0.15) is 0 Å². The third kappa shape index (κ3) is 3.51. The Balaban J connectivity index is 2.65. The van der Waals surface area contributed by atoms with Crippen molar-refractivity contribution in [2.45, 2.75) is 89.3 Å². The van der Waals surface area contributed by atoms with Gasteiger partial charge in [0.25, 0.3) is 0 Å². The highest BCUT2D eigenvalue weighted by atomic mass is 32.4. The largest absolute Gasteiger partial charge is 0.0963 e. The lowest BCUT2D eigenvalue weighted by molar-refractivity contribution is 0.930. The zero-order valence-electron chi connectivity index (χ0n) is 17.0. The van der Waals surface area contributed by atoms with E-state index >= 15 is 0 Å². The maximum atomic E-state index is 6.42. The number of hydrogen-bond donors (Lipinski definition) is 0. The summed E-state index contributed by atoms with van der Waals surface area (Å²) in [7, 11) is 0. The van der Waals surface area contributed by atoms with Crippen LogP contribution < -0.4 is 0 Å². The quantitative estimate of drug-likeness (QED) is 0.445. The minimum absolute atomic E-state index is 0.309. The molecule has 0 aliphatic heterocycles. The summed E-state index contributed by atoms with van der Waals surface area (Å²) in [6.07, 6.45) is 4.05. The average Bonchev–Trinajstić information content (AvgIpc) is 2.92. The second kappa shape index (κ2) is 7.87. The van der Waals surface area contributed by atoms with E-state index in [4.69, 9.17) is 23.6 Å². The fourth-order valence-electron chi connectivity index (χ4n) is 4.39. The molecule has 0 N–H and O–H groups in total. The Morgan fingerprint density at radius 2 is 0.960 bits per heavy atom. The molecule has 140 valence electrons. The Morgan fingerprint density at radius 3 is 1.20 bits per heavy atom. The first-order valence-electron chi connectivity index (χ1n) is 9.52. The van der Waals surface area contributed by atoms with E-state index < -0.39 is 12.1 Å². The van der Waals surface area contributed by atoms with Crippen molar-refractivity contribution in [2.24, 2.45) is 0 Å². The molecule has 1 aliphatic rings. The monoisotopic (exact) mass is 412 g/mol. The predicted octanol–water partition coefficient (Wildman–Crippen LogP) is 7.46. The number of benzene rings is 1. The van der Waals surface area contributed by atoms with Crippen LogP contribution in [0.25, 0.3) is 0 Å². The third-order valence-electron chi connectivity index (χ3n) is 5.94. The molecule has 1 aromatic carbocycles. The molecule has 0 nitrogen and oxygen atoms in total. The molecule has 1 aliphatic carbocycles. The van der Waals surface area contributed by atoms with Crippen LogP contribution in [-0.4, -0.2) is 22.6 Å². The smallest absolute Gasteiger partial charge is 0.0218 e. The number of hydrogen-bond acceptors (Lipinski definition) is 2. The highest BCUT2D eigenvalue weighted by Gasteiger charge is 2.48. The average molecular weight is 413 g/mol. The number of fused-ring (bicyclic) bond motifs is 1. The van der Waals surface area contributed by atoms with Crippen molar-refractivity contribution in [3.05, 3.63) is 41.8 Å². The molecule has 0 amide bonds. The van der Waals surface area contributed by atoms with Gasteiger partial charge in [-0.3, -0.25) is 0 Å². The summed E-state index contributed by atoms with van der Waals surface area (Å²) >= 11 is 12.8. The highest BCUT2D eigenvalue weighted by Crippen LogP contribution is 2.77. The van der Waals surface area contributed by atoms with Crippen LogP contribution in [0.4, 0.5) is 0 Å². The van der Waals surface area contributed by atoms with Crippen LogP contribution in [0.3, 0.4) is 0 Å². The van der Waals surface area contributed by atoms with Crippen molar-refractivity contribution in [3.8, 4) is 0 Å². The fourth-order valence-corrected chi connectivity index (χ4v) is 12.4. The molecule has 4 heteroatoms. The highest BCUT2D eigenvalue weighted by molar-refractivity contribution is 8.16. The minimum Gasteiger partial charge on any atom is -0.0963 e. The Bertz CT molecular complexity index is 621. The molecule has 2 unspecified atom stereocenters. The maximum absolute atomic E-state index is 6.42. The van der Waals surface area contributed by atoms with E-state index in [0.29, 0.717) is 34.0 Å². The molecule has 2 radical (unpaired) electrons. The van der Waals surface area contributed by atoms with Gasteiger partial charge in [0.2, 0.25) is 0 Å². The van der Waals surface area contributed by atoms with Crippen LogP contribution in [0, 0.1) is 6.42 Å². The lowest BCUT2D eigenvalue weighted by Crippen LogP contribution is -2.16. The minimum atomic E-state index is -1.62. The second-order valence-electron chi connectivity index (χ2n) is 8.50. The second-order valence-corrected chi connectivity index (χ2v) is 20.5. The van der Waals surface area contributed by atoms with Crippen LogP contribution >= 0.6 is 12.1 Å². The molecular formula is C21H34P2S2. The molecule has 0 spiro atoms. The van der Waals surface area contributed by atoms with Crippen LogP contribution in [0.15, 0.2) is 24.3 Å². The molecule has 0 heterocycles. The van der Waals surface area contributed by atoms with Gasteiger partial charge in [-0.15, -0.1) is 0 Å². The van der Waals surface area contributed by atoms with Crippen LogP contribution in [0.2, 0.25) is 0 Å². The summed E-state index contributed by atoms with van der Waals surface area (Å²) in [6, 6.07) is 5.72. The molecule has 2 rings (SSSR count). The molecule has 0 saturated heterocycles. The molecule has 0 saturated carbocycles. The Labute approximate surface area is 166 Å².